The molecule has 0 saturated heterocycles. The Bertz CT molecular complexity index is 1320. The Hall–Kier alpha value is -2.42. The maximum Gasteiger partial charge on any atom is 0.0567 e. The van der Waals surface area contributed by atoms with Crippen LogP contribution in [0.1, 0.15) is 20.8 Å². The lowest BCUT2D eigenvalue weighted by atomic mass is 9.79. The van der Waals surface area contributed by atoms with Crippen molar-refractivity contribution in [1.82, 2.24) is 0 Å². The first-order valence-corrected chi connectivity index (χ1v) is 12.0. The van der Waals surface area contributed by atoms with E-state index in [-0.39, 0.29) is 9.65 Å². The van der Waals surface area contributed by atoms with Gasteiger partial charge >= 0.3 is 0 Å². The molecule has 5 aromatic carbocycles. The van der Waals surface area contributed by atoms with Crippen LogP contribution in [-0.4, -0.2) is 0 Å². The van der Waals surface area contributed by atoms with Gasteiger partial charge in [0, 0.05) is 0 Å². The number of halogens is 2. The van der Waals surface area contributed by atoms with Crippen molar-refractivity contribution < 1.29 is 0 Å². The van der Waals surface area contributed by atoms with Gasteiger partial charge in [0.2, 0.25) is 0 Å². The molecule has 0 fully saturated rings. The third-order valence-electron chi connectivity index (χ3n) is 6.24. The Morgan fingerprint density at radius 1 is 0.400 bits per heavy atom. The van der Waals surface area contributed by atoms with Crippen molar-refractivity contribution in [1.29, 1.82) is 0 Å². The predicted octanol–water partition coefficient (Wildman–Crippen LogP) is 9.21. The number of fused-ring (bicyclic) bond motifs is 10. The summed E-state index contributed by atoms with van der Waals surface area (Å²) in [7, 11) is 0. The van der Waals surface area contributed by atoms with Crippen molar-refractivity contribution >= 4 is 53.4 Å². The SMILES string of the molecule is Br[C@H]1c2ccccc2-c2c(c3ccccc3c3ccccc23)-c2ccccc2[C@@H]1Br. The first-order valence-electron chi connectivity index (χ1n) is 10.2. The molecule has 0 nitrogen and oxygen atoms in total. The molecule has 0 N–H and O–H groups in total. The minimum atomic E-state index is 0.174. The van der Waals surface area contributed by atoms with E-state index in [2.05, 4.69) is 129 Å². The standard InChI is InChI=1S/C28H18Br2/c29-27-23-15-7-5-13-21(23)25-19-11-3-1-9-17(19)18-10-2-4-12-20(18)26(25)22-14-6-8-16-24(22)28(27)30/h1-16,27-28H/t27-,28-/m0/s1. The van der Waals surface area contributed by atoms with E-state index < -0.39 is 0 Å². The average molecular weight is 514 g/mol. The monoisotopic (exact) mass is 512 g/mol. The highest BCUT2D eigenvalue weighted by atomic mass is 79.9. The van der Waals surface area contributed by atoms with Gasteiger partial charge in [-0.05, 0) is 54.9 Å². The molecule has 2 atom stereocenters. The zero-order valence-electron chi connectivity index (χ0n) is 16.1. The molecule has 30 heavy (non-hydrogen) atoms. The molecule has 0 radical (unpaired) electrons. The van der Waals surface area contributed by atoms with E-state index in [1.165, 1.54) is 54.9 Å². The van der Waals surface area contributed by atoms with Gasteiger partial charge < -0.3 is 0 Å². The predicted molar refractivity (Wildman–Crippen MR) is 136 cm³/mol. The number of alkyl halides is 2. The van der Waals surface area contributed by atoms with Crippen LogP contribution in [0.3, 0.4) is 0 Å². The molecule has 1 aliphatic rings. The normalized spacial score (nSPS) is 17.7. The Balaban J connectivity index is 1.94. The van der Waals surface area contributed by atoms with Crippen molar-refractivity contribution in [3.8, 4) is 22.3 Å². The molecule has 1 aliphatic carbocycles. The van der Waals surface area contributed by atoms with Crippen molar-refractivity contribution in [2.45, 2.75) is 9.65 Å². The molecular formula is C28H18Br2. The van der Waals surface area contributed by atoms with E-state index >= 15 is 0 Å². The molecule has 0 aliphatic heterocycles. The van der Waals surface area contributed by atoms with Crippen LogP contribution in [0.15, 0.2) is 97.1 Å². The van der Waals surface area contributed by atoms with E-state index in [0.717, 1.165) is 0 Å². The first kappa shape index (κ1) is 18.4. The summed E-state index contributed by atoms with van der Waals surface area (Å²) in [6, 6.07) is 35.3. The van der Waals surface area contributed by atoms with Crippen molar-refractivity contribution in [2.24, 2.45) is 0 Å². The Morgan fingerprint density at radius 3 is 1.17 bits per heavy atom. The van der Waals surface area contributed by atoms with Crippen molar-refractivity contribution in [3.63, 3.8) is 0 Å². The zero-order chi connectivity index (χ0) is 20.2. The third-order valence-corrected chi connectivity index (χ3v) is 9.00. The van der Waals surface area contributed by atoms with Crippen LogP contribution in [0.5, 0.6) is 0 Å². The highest BCUT2D eigenvalue weighted by Gasteiger charge is 2.30. The summed E-state index contributed by atoms with van der Waals surface area (Å²) in [4.78, 5) is 0.349. The molecule has 0 aromatic heterocycles. The number of rotatable bonds is 0. The van der Waals surface area contributed by atoms with E-state index in [4.69, 9.17) is 0 Å². The van der Waals surface area contributed by atoms with Gasteiger partial charge in [0.25, 0.3) is 0 Å². The maximum absolute atomic E-state index is 4.03. The van der Waals surface area contributed by atoms with Crippen LogP contribution in [0.2, 0.25) is 0 Å². The lowest BCUT2D eigenvalue weighted by molar-refractivity contribution is 0.939. The van der Waals surface area contributed by atoms with Crippen LogP contribution >= 0.6 is 31.9 Å². The van der Waals surface area contributed by atoms with Crippen LogP contribution in [0.4, 0.5) is 0 Å². The van der Waals surface area contributed by atoms with E-state index in [1.54, 1.807) is 0 Å². The lowest BCUT2D eigenvalue weighted by Gasteiger charge is -2.29. The molecule has 0 unspecified atom stereocenters. The highest BCUT2D eigenvalue weighted by Crippen LogP contribution is 2.54. The molecule has 0 saturated carbocycles. The summed E-state index contributed by atoms with van der Waals surface area (Å²) < 4.78 is 0. The summed E-state index contributed by atoms with van der Waals surface area (Å²) in [5, 5.41) is 5.23. The van der Waals surface area contributed by atoms with Gasteiger partial charge in [0.1, 0.15) is 0 Å². The second-order valence-corrected chi connectivity index (χ2v) is 9.79. The Kier molecular flexibility index (Phi) is 4.33. The fourth-order valence-corrected chi connectivity index (χ4v) is 6.31. The van der Waals surface area contributed by atoms with Crippen LogP contribution < -0.4 is 0 Å². The smallest absolute Gasteiger partial charge is 0.0567 e. The van der Waals surface area contributed by atoms with Crippen molar-refractivity contribution in [2.75, 3.05) is 0 Å². The van der Waals surface area contributed by atoms with E-state index in [1.807, 2.05) is 0 Å². The molecule has 0 amide bonds. The van der Waals surface area contributed by atoms with Gasteiger partial charge in [-0.15, -0.1) is 0 Å². The summed E-state index contributed by atoms with van der Waals surface area (Å²) in [6.45, 7) is 0. The Labute approximate surface area is 192 Å². The van der Waals surface area contributed by atoms with Gasteiger partial charge in [0.15, 0.2) is 0 Å². The zero-order valence-corrected chi connectivity index (χ0v) is 19.3. The Morgan fingerprint density at radius 2 is 0.733 bits per heavy atom. The summed E-state index contributed by atoms with van der Waals surface area (Å²) in [5.74, 6) is 0. The molecule has 6 rings (SSSR count). The fraction of sp³-hybridized carbons (Fsp3) is 0.0714. The highest BCUT2D eigenvalue weighted by molar-refractivity contribution is 9.12. The summed E-state index contributed by atoms with van der Waals surface area (Å²) in [5.41, 5.74) is 7.89. The topological polar surface area (TPSA) is 0 Å². The average Bonchev–Trinajstić information content (AvgIpc) is 2.82. The quantitative estimate of drug-likeness (QED) is 0.143. The van der Waals surface area contributed by atoms with Gasteiger partial charge in [-0.2, -0.15) is 0 Å². The summed E-state index contributed by atoms with van der Waals surface area (Å²) in [6.07, 6.45) is 0. The van der Waals surface area contributed by atoms with Gasteiger partial charge in [0.05, 0.1) is 9.65 Å². The van der Waals surface area contributed by atoms with Crippen LogP contribution in [0.25, 0.3) is 43.8 Å². The summed E-state index contributed by atoms with van der Waals surface area (Å²) >= 11 is 8.05. The molecule has 0 bridgehead atoms. The fourth-order valence-electron chi connectivity index (χ4n) is 4.95. The largest absolute Gasteiger partial charge is 0.0823 e. The van der Waals surface area contributed by atoms with E-state index in [0.29, 0.717) is 0 Å². The minimum Gasteiger partial charge on any atom is -0.0823 e. The number of hydrogen-bond acceptors (Lipinski definition) is 0. The maximum atomic E-state index is 4.03. The lowest BCUT2D eigenvalue weighted by Crippen LogP contribution is -2.07. The number of benzene rings is 5. The molecule has 144 valence electrons. The van der Waals surface area contributed by atoms with Crippen LogP contribution in [-0.2, 0) is 0 Å². The second-order valence-electron chi connectivity index (χ2n) is 7.82. The van der Waals surface area contributed by atoms with Gasteiger partial charge in [-0.3, -0.25) is 0 Å². The molecule has 0 spiro atoms. The van der Waals surface area contributed by atoms with Crippen LogP contribution in [0, 0.1) is 0 Å². The molecular weight excluding hydrogens is 496 g/mol. The van der Waals surface area contributed by atoms with Gasteiger partial charge in [-0.1, -0.05) is 129 Å². The molecule has 0 heterocycles. The number of hydrogen-bond donors (Lipinski definition) is 0. The molecule has 5 aromatic rings. The molecule has 2 heteroatoms. The second kappa shape index (κ2) is 7.08. The van der Waals surface area contributed by atoms with Crippen molar-refractivity contribution in [3.05, 3.63) is 108 Å². The van der Waals surface area contributed by atoms with Gasteiger partial charge in [-0.25, -0.2) is 0 Å². The minimum absolute atomic E-state index is 0.174. The van der Waals surface area contributed by atoms with E-state index in [9.17, 15) is 0 Å². The third kappa shape index (κ3) is 2.57. The first-order chi connectivity index (χ1) is 14.8.